The van der Waals surface area contributed by atoms with E-state index in [1.54, 1.807) is 12.4 Å². The zero-order chi connectivity index (χ0) is 59.7. The summed E-state index contributed by atoms with van der Waals surface area (Å²) in [5.74, 6) is 8.32. The quantitative estimate of drug-likeness (QED) is 0.0299. The van der Waals surface area contributed by atoms with Crippen molar-refractivity contribution in [3.8, 4) is 5.75 Å². The largest absolute Gasteiger partial charge is 0.427 e. The van der Waals surface area contributed by atoms with Gasteiger partial charge in [-0.25, -0.2) is 9.97 Å². The van der Waals surface area contributed by atoms with Crippen LogP contribution in [0.5, 0.6) is 5.75 Å². The highest BCUT2D eigenvalue weighted by Crippen LogP contribution is 2.38. The number of H-pyrrole nitrogens is 2. The van der Waals surface area contributed by atoms with Gasteiger partial charge in [-0.15, -0.1) is 0 Å². The number of hydrogen-bond acceptors (Lipinski definition) is 16. The van der Waals surface area contributed by atoms with Crippen molar-refractivity contribution in [2.24, 2.45) is 23.5 Å². The molecule has 5 aromatic rings. The minimum atomic E-state index is -0.154. The molecule has 6 saturated carbocycles. The number of ether oxygens (including phenoxy) is 1. The lowest BCUT2D eigenvalue weighted by molar-refractivity contribution is -0.136. The van der Waals surface area contributed by atoms with E-state index in [2.05, 4.69) is 83.5 Å². The molecule has 13 rings (SSSR count). The normalized spacial score (nSPS) is 26.1. The van der Waals surface area contributed by atoms with Gasteiger partial charge in [0, 0.05) is 123 Å². The summed E-state index contributed by atoms with van der Waals surface area (Å²) in [5, 5.41) is 28.8. The number of aromatic amines is 2. The molecule has 87 heavy (non-hydrogen) atoms. The summed E-state index contributed by atoms with van der Waals surface area (Å²) < 4.78 is 5.44. The zero-order valence-electron chi connectivity index (χ0n) is 51.2. The van der Waals surface area contributed by atoms with Crippen LogP contribution in [0.15, 0.2) is 67.0 Å². The maximum Gasteiger partial charge on any atom is 0.311 e. The maximum absolute atomic E-state index is 13.0. The van der Waals surface area contributed by atoms with E-state index in [1.165, 1.54) is 75.6 Å². The third kappa shape index (κ3) is 18.1. The summed E-state index contributed by atoms with van der Waals surface area (Å²) in [6.45, 7) is 1.88. The lowest BCUT2D eigenvalue weighted by Gasteiger charge is -2.35. The number of esters is 1. The van der Waals surface area contributed by atoms with Gasteiger partial charge in [0.05, 0.1) is 0 Å². The fraction of sp³-hybridized carbons (Fsp3) is 0.642. The molecule has 2 saturated heterocycles. The molecule has 2 amide bonds. The number of rotatable bonds is 19. The summed E-state index contributed by atoms with van der Waals surface area (Å²) in [6.07, 6.45) is 36.1. The molecule has 2 aliphatic heterocycles. The van der Waals surface area contributed by atoms with E-state index in [0.29, 0.717) is 121 Å². The average Bonchev–Trinajstić information content (AvgIpc) is 4.10. The zero-order valence-corrected chi connectivity index (χ0v) is 51.2. The van der Waals surface area contributed by atoms with Crippen molar-refractivity contribution in [2.75, 3.05) is 34.4 Å². The Labute approximate surface area is 513 Å². The van der Waals surface area contributed by atoms with Gasteiger partial charge in [0.1, 0.15) is 23.2 Å². The summed E-state index contributed by atoms with van der Waals surface area (Å²) in [4.78, 5) is 71.2. The second-order valence-corrected chi connectivity index (χ2v) is 26.5. The Morgan fingerprint density at radius 2 is 1.02 bits per heavy atom. The van der Waals surface area contributed by atoms with Gasteiger partial charge in [0.25, 0.3) is 0 Å². The van der Waals surface area contributed by atoms with Crippen molar-refractivity contribution in [1.29, 1.82) is 0 Å². The summed E-state index contributed by atoms with van der Waals surface area (Å²) >= 11 is 0. The van der Waals surface area contributed by atoms with Crippen LogP contribution in [0.3, 0.4) is 0 Å². The number of anilines is 6. The standard InChI is InChI=1S/C31H45N7O2.C26H32N6O2.C10H18N2O/c39-26(19-22-5-3-8-25(17-22)38-16-4-9-30(38)40)18-21-10-12-24(13-11-21)33-31-32-15-14-28(35-31)34-29-20-27(36-37-29)23-6-1-2-7-23;33-25(34-21-8-2-1-3-9-21)16-18-10-12-20(13-11-18)28-26-27-15-14-23(30-26)29-24-17-22(31-32-24)19-6-4-5-7-19;11-8-3-1-4-9(7-8)12-6-2-5-10(12)13/h14-15,20-25H,1-13,16-19H2,(H3,32,33,34,35,36,37);1-3,8-9,14-15,17-20H,4-7,10-13,16H2,(H3,27,28,29,30,31,32);8-9H,1-7,11H2. The molecule has 20 heteroatoms. The molecule has 4 atom stereocenters. The van der Waals surface area contributed by atoms with Gasteiger partial charge < -0.3 is 41.5 Å². The van der Waals surface area contributed by atoms with Gasteiger partial charge in [-0.3, -0.25) is 29.4 Å². The SMILES string of the molecule is NC1CCCC(N2CCCC2=O)C1.O=C(CC1CCC(Nc2nccc(Nc3cc(C4CCCC4)[nH]n3)n2)CC1)CC1CCCC(N2CCCC2=O)C1.O=C(CC1CCC(Nc2nccc(Nc3cc(C4CCCC4)[nH]n3)n2)CC1)Oc1ccccc1. The number of para-hydroxylation sites is 1. The second kappa shape index (κ2) is 30.8. The van der Waals surface area contributed by atoms with Crippen LogP contribution < -0.4 is 31.7 Å². The van der Waals surface area contributed by atoms with Gasteiger partial charge >= 0.3 is 5.97 Å². The lowest BCUT2D eigenvalue weighted by atomic mass is 9.79. The van der Waals surface area contributed by atoms with Crippen LogP contribution in [0.1, 0.15) is 222 Å². The van der Waals surface area contributed by atoms with Crippen LogP contribution in [-0.4, -0.2) is 117 Å². The van der Waals surface area contributed by atoms with Crippen LogP contribution in [-0.2, 0) is 19.2 Å². The number of carbonyl (C=O) groups excluding carboxylic acids is 4. The highest BCUT2D eigenvalue weighted by Gasteiger charge is 2.35. The molecule has 0 spiro atoms. The van der Waals surface area contributed by atoms with E-state index in [4.69, 9.17) is 10.5 Å². The number of aromatic nitrogens is 8. The minimum absolute atomic E-state index is 0.154. The van der Waals surface area contributed by atoms with Crippen molar-refractivity contribution in [3.05, 3.63) is 78.4 Å². The molecule has 6 aliphatic carbocycles. The molecule has 8 N–H and O–H groups in total. The van der Waals surface area contributed by atoms with Crippen LogP contribution in [0.2, 0.25) is 0 Å². The van der Waals surface area contributed by atoms with Crippen LogP contribution in [0.4, 0.5) is 35.2 Å². The Morgan fingerprint density at radius 1 is 0.529 bits per heavy atom. The van der Waals surface area contributed by atoms with E-state index >= 15 is 0 Å². The average molecular weight is 1190 g/mol. The molecule has 20 nitrogen and oxygen atoms in total. The second-order valence-electron chi connectivity index (χ2n) is 26.5. The molecule has 8 aliphatic rings. The summed E-state index contributed by atoms with van der Waals surface area (Å²) in [5.41, 5.74) is 8.32. The molecule has 0 bridgehead atoms. The topological polar surface area (TPSA) is 267 Å². The Balaban J connectivity index is 0.000000151. The Hall–Kier alpha value is -6.96. The van der Waals surface area contributed by atoms with Crippen molar-refractivity contribution in [3.63, 3.8) is 0 Å². The number of ketones is 1. The predicted molar refractivity (Wildman–Crippen MR) is 338 cm³/mol. The summed E-state index contributed by atoms with van der Waals surface area (Å²) in [6, 6.07) is 19.0. The number of nitrogens with one attached hydrogen (secondary N) is 6. The first-order valence-electron chi connectivity index (χ1n) is 33.5. The predicted octanol–water partition coefficient (Wildman–Crippen LogP) is 12.5. The van der Waals surface area contributed by atoms with E-state index in [9.17, 15) is 19.2 Å². The number of nitrogens with two attached hydrogens (primary N) is 1. The first kappa shape index (κ1) is 61.7. The molecule has 8 fully saturated rings. The Kier molecular flexibility index (Phi) is 21.8. The first-order valence-corrected chi connectivity index (χ1v) is 33.5. The number of Topliss-reactive ketones (excluding diaryl/α,β-unsaturated/α-hetero) is 1. The van der Waals surface area contributed by atoms with Crippen molar-refractivity contribution in [2.45, 2.75) is 241 Å². The highest BCUT2D eigenvalue weighted by atomic mass is 16.5. The molecule has 6 heterocycles. The molecular weight excluding hydrogens is 1090 g/mol. The number of amides is 2. The molecule has 4 aromatic heterocycles. The first-order chi connectivity index (χ1) is 42.6. The molecule has 0 radical (unpaired) electrons. The van der Waals surface area contributed by atoms with Gasteiger partial charge in [-0.05, 0) is 177 Å². The van der Waals surface area contributed by atoms with Gasteiger partial charge in [0.15, 0.2) is 11.6 Å². The van der Waals surface area contributed by atoms with Crippen molar-refractivity contribution < 1.29 is 23.9 Å². The van der Waals surface area contributed by atoms with Crippen LogP contribution in [0.25, 0.3) is 0 Å². The maximum atomic E-state index is 13.0. The number of benzene rings is 1. The third-order valence-electron chi connectivity index (χ3n) is 20.0. The molecule has 1 aromatic carbocycles. The number of carbonyl (C=O) groups is 4. The van der Waals surface area contributed by atoms with E-state index < -0.39 is 0 Å². The van der Waals surface area contributed by atoms with Gasteiger partial charge in [-0.1, -0.05) is 50.3 Å². The Bertz CT molecular complexity index is 2980. The highest BCUT2D eigenvalue weighted by molar-refractivity contribution is 5.80. The van der Waals surface area contributed by atoms with Gasteiger partial charge in [0.2, 0.25) is 23.7 Å². The van der Waals surface area contributed by atoms with E-state index in [0.717, 1.165) is 146 Å². The Morgan fingerprint density at radius 3 is 1.53 bits per heavy atom. The fourth-order valence-corrected chi connectivity index (χ4v) is 15.3. The van der Waals surface area contributed by atoms with E-state index in [-0.39, 0.29) is 5.97 Å². The fourth-order valence-electron chi connectivity index (χ4n) is 15.3. The number of hydrogen-bond donors (Lipinski definition) is 7. The van der Waals surface area contributed by atoms with Crippen molar-refractivity contribution >= 4 is 58.7 Å². The van der Waals surface area contributed by atoms with Crippen LogP contribution >= 0.6 is 0 Å². The lowest BCUT2D eigenvalue weighted by Crippen LogP contribution is -2.43. The molecule has 468 valence electrons. The van der Waals surface area contributed by atoms with E-state index in [1.807, 2.05) is 42.5 Å². The smallest absolute Gasteiger partial charge is 0.311 e. The van der Waals surface area contributed by atoms with Crippen LogP contribution in [0, 0.1) is 17.8 Å². The third-order valence-corrected chi connectivity index (χ3v) is 20.0. The minimum Gasteiger partial charge on any atom is -0.427 e. The molecular formula is C67H95N15O5. The van der Waals surface area contributed by atoms with Gasteiger partial charge in [-0.2, -0.15) is 20.2 Å². The summed E-state index contributed by atoms with van der Waals surface area (Å²) in [7, 11) is 0. The number of likely N-dealkylation sites (tertiary alicyclic amines) is 2. The monoisotopic (exact) mass is 1190 g/mol. The molecule has 4 unspecified atom stereocenters. The van der Waals surface area contributed by atoms with Crippen molar-refractivity contribution in [1.82, 2.24) is 50.1 Å². The number of nitrogens with zero attached hydrogens (tertiary/aromatic N) is 8.